The molecule has 242 valence electrons. The molecule has 13 heteroatoms. The number of hydrogen-bond acceptors (Lipinski definition) is 7. The van der Waals surface area contributed by atoms with Gasteiger partial charge in [0.25, 0.3) is 5.91 Å². The maximum absolute atomic E-state index is 13.8. The van der Waals surface area contributed by atoms with Crippen molar-refractivity contribution in [1.29, 1.82) is 0 Å². The first-order valence-electron chi connectivity index (χ1n) is 14.0. The Morgan fingerprint density at radius 2 is 1.74 bits per heavy atom. The van der Waals surface area contributed by atoms with Crippen LogP contribution in [-0.4, -0.2) is 118 Å². The number of anilines is 1. The van der Waals surface area contributed by atoms with Gasteiger partial charge >= 0.3 is 6.18 Å². The van der Waals surface area contributed by atoms with Gasteiger partial charge in [-0.1, -0.05) is 12.1 Å². The van der Waals surface area contributed by atoms with Crippen molar-refractivity contribution in [2.24, 2.45) is 0 Å². The fraction of sp³-hybridized carbons (Fsp3) is 0.567. The number of nitrogens with zero attached hydrogens (tertiary/aromatic N) is 4. The van der Waals surface area contributed by atoms with Gasteiger partial charge in [0, 0.05) is 84.3 Å². The summed E-state index contributed by atoms with van der Waals surface area (Å²) < 4.78 is 52.2. The number of carbonyl (C=O) groups excluding carboxylic acids is 1. The van der Waals surface area contributed by atoms with Gasteiger partial charge in [-0.25, -0.2) is 0 Å². The van der Waals surface area contributed by atoms with E-state index in [1.165, 1.54) is 6.07 Å². The summed E-state index contributed by atoms with van der Waals surface area (Å²) in [5.41, 5.74) is 1.11. The summed E-state index contributed by atoms with van der Waals surface area (Å²) in [5.74, 6) is -0.241. The first-order valence-corrected chi connectivity index (χ1v) is 14.0. The lowest BCUT2D eigenvalue weighted by Crippen LogP contribution is -2.57. The van der Waals surface area contributed by atoms with E-state index in [0.717, 1.165) is 49.4 Å². The molecule has 0 unspecified atom stereocenters. The fourth-order valence-electron chi connectivity index (χ4n) is 5.49. The van der Waals surface area contributed by atoms with Crippen LogP contribution in [0.25, 0.3) is 0 Å². The second-order valence-corrected chi connectivity index (χ2v) is 11.2. The van der Waals surface area contributed by atoms with Crippen molar-refractivity contribution in [3.63, 3.8) is 0 Å². The summed E-state index contributed by atoms with van der Waals surface area (Å²) in [6.07, 6.45) is -4.05. The molecule has 0 spiro atoms. The molecule has 0 radical (unpaired) electrons. The van der Waals surface area contributed by atoms with E-state index in [1.54, 1.807) is 37.1 Å². The van der Waals surface area contributed by atoms with E-state index in [4.69, 9.17) is 9.47 Å². The summed E-state index contributed by atoms with van der Waals surface area (Å²) >= 11 is 0. The Balaban J connectivity index is 0.00000323. The van der Waals surface area contributed by atoms with Crippen molar-refractivity contribution >= 4 is 36.4 Å². The zero-order valence-corrected chi connectivity index (χ0v) is 26.7. The minimum Gasteiger partial charge on any atom is -0.508 e. The summed E-state index contributed by atoms with van der Waals surface area (Å²) in [6, 6.07) is 8.72. The maximum atomic E-state index is 13.8. The molecule has 2 heterocycles. The number of piperazine rings is 1. The van der Waals surface area contributed by atoms with Gasteiger partial charge in [0.2, 0.25) is 0 Å². The Bertz CT molecular complexity index is 1200. The molecule has 2 aromatic carbocycles. The van der Waals surface area contributed by atoms with E-state index in [-0.39, 0.29) is 48.3 Å². The quantitative estimate of drug-likeness (QED) is 0.433. The first-order chi connectivity index (χ1) is 19.4. The lowest BCUT2D eigenvalue weighted by molar-refractivity contribution is -0.137. The standard InChI is InChI=1S/C30H41F3N4O4.2ClH/c1-21-5-6-22(14-28(21)38)13-26-18-35(7-8-36-11-12-41-27(19-36)20-40-4)9-10-37(26)29(39)23-15-24(30(31,32)33)17-25(16-23)34(2)3;;/h5-6,14-17,26-27,38H,7-13,18-20H2,1-4H3;2*1H/t26-,27+;;/m1../s1. The highest BCUT2D eigenvalue weighted by molar-refractivity contribution is 5.96. The minimum atomic E-state index is -4.57. The molecule has 1 N–H and O–H groups in total. The fourth-order valence-corrected chi connectivity index (χ4v) is 5.49. The van der Waals surface area contributed by atoms with Crippen LogP contribution in [0.2, 0.25) is 0 Å². The van der Waals surface area contributed by atoms with Gasteiger partial charge in [-0.05, 0) is 48.7 Å². The molecular formula is C30H43Cl2F3N4O4. The third kappa shape index (κ3) is 9.86. The SMILES string of the molecule is COC[C@@H]1CN(CCN2CCN(C(=O)c3cc(N(C)C)cc(C(F)(F)F)c3)[C@H](Cc3ccc(C)c(O)c3)C2)CCO1.Cl.Cl. The van der Waals surface area contributed by atoms with E-state index in [9.17, 15) is 23.1 Å². The number of alkyl halides is 3. The average molecular weight is 652 g/mol. The normalized spacial score (nSPS) is 19.8. The molecule has 0 aliphatic carbocycles. The summed E-state index contributed by atoms with van der Waals surface area (Å²) in [4.78, 5) is 21.7. The second-order valence-electron chi connectivity index (χ2n) is 11.2. The number of carbonyl (C=O) groups is 1. The van der Waals surface area contributed by atoms with Crippen molar-refractivity contribution < 1.29 is 32.5 Å². The van der Waals surface area contributed by atoms with Crippen molar-refractivity contribution in [1.82, 2.24) is 14.7 Å². The van der Waals surface area contributed by atoms with Crippen LogP contribution in [0.5, 0.6) is 5.75 Å². The molecule has 8 nitrogen and oxygen atoms in total. The highest BCUT2D eigenvalue weighted by atomic mass is 35.5. The number of rotatable bonds is 9. The van der Waals surface area contributed by atoms with E-state index < -0.39 is 17.6 Å². The molecule has 2 aromatic rings. The molecule has 0 saturated carbocycles. The second kappa shape index (κ2) is 16.2. The molecule has 2 fully saturated rings. The number of amides is 1. The Morgan fingerprint density at radius 3 is 2.37 bits per heavy atom. The number of aryl methyl sites for hydroxylation is 1. The predicted octanol–water partition coefficient (Wildman–Crippen LogP) is 4.35. The molecular weight excluding hydrogens is 608 g/mol. The van der Waals surface area contributed by atoms with E-state index in [2.05, 4.69) is 9.80 Å². The Kier molecular flexibility index (Phi) is 13.9. The van der Waals surface area contributed by atoms with Crippen LogP contribution in [-0.2, 0) is 22.1 Å². The molecule has 2 aliphatic rings. The smallest absolute Gasteiger partial charge is 0.416 e. The van der Waals surface area contributed by atoms with Crippen LogP contribution < -0.4 is 4.90 Å². The number of phenolic OH excluding ortho intramolecular Hbond substituents is 1. The number of halogens is 5. The number of ether oxygens (including phenoxy) is 2. The van der Waals surface area contributed by atoms with Crippen LogP contribution in [0, 0.1) is 6.92 Å². The number of phenols is 1. The summed E-state index contributed by atoms with van der Waals surface area (Å²) in [5, 5.41) is 10.3. The Labute approximate surface area is 264 Å². The largest absolute Gasteiger partial charge is 0.508 e. The first kappa shape index (κ1) is 36.9. The van der Waals surface area contributed by atoms with E-state index >= 15 is 0 Å². The molecule has 1 amide bonds. The van der Waals surface area contributed by atoms with Crippen molar-refractivity contribution in [3.05, 3.63) is 58.7 Å². The molecule has 2 saturated heterocycles. The number of aromatic hydroxyl groups is 1. The van der Waals surface area contributed by atoms with Gasteiger partial charge in [-0.15, -0.1) is 24.8 Å². The predicted molar refractivity (Wildman–Crippen MR) is 166 cm³/mol. The lowest BCUT2D eigenvalue weighted by Gasteiger charge is -2.43. The molecule has 0 bridgehead atoms. The lowest BCUT2D eigenvalue weighted by atomic mass is 9.99. The topological polar surface area (TPSA) is 68.7 Å². The van der Waals surface area contributed by atoms with Gasteiger partial charge in [0.15, 0.2) is 0 Å². The maximum Gasteiger partial charge on any atom is 0.416 e. The summed E-state index contributed by atoms with van der Waals surface area (Å²) in [6.45, 7) is 7.88. The molecule has 2 aliphatic heterocycles. The highest BCUT2D eigenvalue weighted by Crippen LogP contribution is 2.33. The van der Waals surface area contributed by atoms with Crippen LogP contribution in [0.4, 0.5) is 18.9 Å². The average Bonchev–Trinajstić information content (AvgIpc) is 2.93. The van der Waals surface area contributed by atoms with Gasteiger partial charge in [-0.2, -0.15) is 13.2 Å². The zero-order chi connectivity index (χ0) is 29.7. The molecule has 4 rings (SSSR count). The minimum absolute atomic E-state index is 0. The third-order valence-electron chi connectivity index (χ3n) is 7.89. The monoisotopic (exact) mass is 650 g/mol. The van der Waals surface area contributed by atoms with Crippen LogP contribution in [0.3, 0.4) is 0 Å². The molecule has 43 heavy (non-hydrogen) atoms. The summed E-state index contributed by atoms with van der Waals surface area (Å²) in [7, 11) is 4.97. The van der Waals surface area contributed by atoms with Crippen molar-refractivity contribution in [2.75, 3.05) is 85.1 Å². The number of hydrogen-bond donors (Lipinski definition) is 1. The van der Waals surface area contributed by atoms with E-state index in [0.29, 0.717) is 45.0 Å². The molecule has 2 atom stereocenters. The third-order valence-corrected chi connectivity index (χ3v) is 7.89. The van der Waals surface area contributed by atoms with Crippen molar-refractivity contribution in [3.8, 4) is 5.75 Å². The van der Waals surface area contributed by atoms with Crippen LogP contribution in [0.15, 0.2) is 36.4 Å². The number of methoxy groups -OCH3 is 1. The van der Waals surface area contributed by atoms with Gasteiger partial charge in [-0.3, -0.25) is 14.6 Å². The van der Waals surface area contributed by atoms with Crippen LogP contribution in [0.1, 0.15) is 27.0 Å². The highest BCUT2D eigenvalue weighted by Gasteiger charge is 2.35. The Hall–Kier alpha value is -2.28. The van der Waals surface area contributed by atoms with Gasteiger partial charge in [0.1, 0.15) is 5.75 Å². The van der Waals surface area contributed by atoms with Gasteiger partial charge < -0.3 is 24.4 Å². The van der Waals surface area contributed by atoms with Crippen molar-refractivity contribution in [2.45, 2.75) is 31.7 Å². The zero-order valence-electron chi connectivity index (χ0n) is 25.1. The van der Waals surface area contributed by atoms with E-state index in [1.807, 2.05) is 19.1 Å². The Morgan fingerprint density at radius 1 is 1.05 bits per heavy atom. The van der Waals surface area contributed by atoms with Gasteiger partial charge in [0.05, 0.1) is 24.9 Å². The number of morpholine rings is 1. The number of benzene rings is 2. The van der Waals surface area contributed by atoms with Crippen LogP contribution >= 0.6 is 24.8 Å². The molecule has 0 aromatic heterocycles.